The Labute approximate surface area is 104 Å². The lowest BCUT2D eigenvalue weighted by molar-refractivity contribution is 0.415. The lowest BCUT2D eigenvalue weighted by Gasteiger charge is -2.21. The molecular formula is C15H21NO. The summed E-state index contributed by atoms with van der Waals surface area (Å²) in [6, 6.07) is 7.97. The fraction of sp³-hybridized carbons (Fsp3) is 0.533. The number of methoxy groups -OCH3 is 1. The van der Waals surface area contributed by atoms with Crippen LogP contribution in [0.2, 0.25) is 0 Å². The zero-order chi connectivity index (χ0) is 12.1. The standard InChI is InChI=1S/C15H21NO/c1-12(13-8-4-3-5-9-13)16-14-10-6-7-11-15(14)17-2/h6-7,10-11,13H,3-5,8-9H2,1-2H3. The zero-order valence-corrected chi connectivity index (χ0v) is 10.8. The van der Waals surface area contributed by atoms with Gasteiger partial charge in [-0.2, -0.15) is 0 Å². The summed E-state index contributed by atoms with van der Waals surface area (Å²) in [5.74, 6) is 1.54. The van der Waals surface area contributed by atoms with E-state index in [2.05, 4.69) is 6.92 Å². The van der Waals surface area contributed by atoms with Crippen LogP contribution in [0.3, 0.4) is 0 Å². The van der Waals surface area contributed by atoms with E-state index in [9.17, 15) is 0 Å². The molecule has 2 nitrogen and oxygen atoms in total. The molecule has 1 aromatic rings. The van der Waals surface area contributed by atoms with Crippen LogP contribution in [0.25, 0.3) is 0 Å². The first-order valence-electron chi connectivity index (χ1n) is 6.49. The van der Waals surface area contributed by atoms with Gasteiger partial charge in [-0.05, 0) is 37.8 Å². The van der Waals surface area contributed by atoms with Gasteiger partial charge in [0.1, 0.15) is 11.4 Å². The number of benzene rings is 1. The molecule has 0 bridgehead atoms. The molecule has 0 amide bonds. The molecule has 0 unspecified atom stereocenters. The molecule has 1 aliphatic rings. The van der Waals surface area contributed by atoms with E-state index >= 15 is 0 Å². The predicted octanol–water partition coefficient (Wildman–Crippen LogP) is 4.37. The summed E-state index contributed by atoms with van der Waals surface area (Å²) in [5.41, 5.74) is 2.22. The highest BCUT2D eigenvalue weighted by Gasteiger charge is 2.16. The summed E-state index contributed by atoms with van der Waals surface area (Å²) in [4.78, 5) is 4.75. The van der Waals surface area contributed by atoms with Crippen LogP contribution in [-0.2, 0) is 0 Å². The third kappa shape index (κ3) is 3.09. The van der Waals surface area contributed by atoms with Crippen molar-refractivity contribution in [2.24, 2.45) is 10.9 Å². The Morgan fingerprint density at radius 1 is 1.18 bits per heavy atom. The molecule has 1 fully saturated rings. The number of para-hydroxylation sites is 2. The van der Waals surface area contributed by atoms with Gasteiger partial charge < -0.3 is 4.74 Å². The lowest BCUT2D eigenvalue weighted by Crippen LogP contribution is -2.14. The number of hydrogen-bond donors (Lipinski definition) is 0. The summed E-state index contributed by atoms with van der Waals surface area (Å²) in [7, 11) is 1.70. The Balaban J connectivity index is 2.16. The Morgan fingerprint density at radius 3 is 2.59 bits per heavy atom. The second kappa shape index (κ2) is 5.85. The Bertz CT molecular complexity index is 392. The second-order valence-corrected chi connectivity index (χ2v) is 4.76. The molecule has 92 valence electrons. The first-order chi connectivity index (χ1) is 8.31. The largest absolute Gasteiger partial charge is 0.494 e. The van der Waals surface area contributed by atoms with Crippen molar-refractivity contribution >= 4 is 11.4 Å². The molecule has 1 aliphatic carbocycles. The van der Waals surface area contributed by atoms with Crippen molar-refractivity contribution in [1.29, 1.82) is 0 Å². The maximum absolute atomic E-state index is 5.33. The molecule has 0 aliphatic heterocycles. The van der Waals surface area contributed by atoms with Crippen LogP contribution in [0.4, 0.5) is 5.69 Å². The first-order valence-corrected chi connectivity index (χ1v) is 6.49. The average Bonchev–Trinajstić information content (AvgIpc) is 2.40. The van der Waals surface area contributed by atoms with Crippen molar-refractivity contribution in [3.63, 3.8) is 0 Å². The van der Waals surface area contributed by atoms with Gasteiger partial charge in [-0.3, -0.25) is 4.99 Å². The quantitative estimate of drug-likeness (QED) is 0.708. The van der Waals surface area contributed by atoms with Crippen molar-refractivity contribution in [2.75, 3.05) is 7.11 Å². The minimum Gasteiger partial charge on any atom is -0.494 e. The van der Waals surface area contributed by atoms with E-state index in [0.29, 0.717) is 5.92 Å². The summed E-state index contributed by atoms with van der Waals surface area (Å²) in [6.07, 6.45) is 6.68. The van der Waals surface area contributed by atoms with Gasteiger partial charge in [-0.15, -0.1) is 0 Å². The van der Waals surface area contributed by atoms with Crippen LogP contribution < -0.4 is 4.74 Å². The molecule has 2 heteroatoms. The number of hydrogen-bond acceptors (Lipinski definition) is 2. The van der Waals surface area contributed by atoms with E-state index in [-0.39, 0.29) is 0 Å². The van der Waals surface area contributed by atoms with Crippen LogP contribution in [-0.4, -0.2) is 12.8 Å². The van der Waals surface area contributed by atoms with Gasteiger partial charge in [0.2, 0.25) is 0 Å². The van der Waals surface area contributed by atoms with Crippen molar-refractivity contribution < 1.29 is 4.74 Å². The van der Waals surface area contributed by atoms with E-state index < -0.39 is 0 Å². The number of nitrogens with zero attached hydrogens (tertiary/aromatic N) is 1. The van der Waals surface area contributed by atoms with Crippen LogP contribution >= 0.6 is 0 Å². The van der Waals surface area contributed by atoms with Crippen molar-refractivity contribution in [3.05, 3.63) is 24.3 Å². The normalized spacial score (nSPS) is 18.1. The maximum Gasteiger partial charge on any atom is 0.144 e. The minimum atomic E-state index is 0.675. The lowest BCUT2D eigenvalue weighted by atomic mass is 9.86. The van der Waals surface area contributed by atoms with E-state index in [4.69, 9.17) is 9.73 Å². The molecule has 0 atom stereocenters. The number of aliphatic imine (C=N–C) groups is 1. The molecule has 2 rings (SSSR count). The van der Waals surface area contributed by atoms with E-state index in [1.807, 2.05) is 24.3 Å². The molecule has 0 spiro atoms. The molecule has 0 saturated heterocycles. The second-order valence-electron chi connectivity index (χ2n) is 4.76. The predicted molar refractivity (Wildman–Crippen MR) is 72.3 cm³/mol. The van der Waals surface area contributed by atoms with E-state index in [1.54, 1.807) is 7.11 Å². The molecule has 0 radical (unpaired) electrons. The highest BCUT2D eigenvalue weighted by atomic mass is 16.5. The van der Waals surface area contributed by atoms with Gasteiger partial charge in [0.25, 0.3) is 0 Å². The van der Waals surface area contributed by atoms with Crippen molar-refractivity contribution in [2.45, 2.75) is 39.0 Å². The van der Waals surface area contributed by atoms with Crippen LogP contribution in [0.1, 0.15) is 39.0 Å². The summed E-state index contributed by atoms with van der Waals surface area (Å²) in [5, 5.41) is 0. The SMILES string of the molecule is COc1ccccc1N=C(C)C1CCCCC1. The van der Waals surface area contributed by atoms with E-state index in [0.717, 1.165) is 11.4 Å². The monoisotopic (exact) mass is 231 g/mol. The zero-order valence-electron chi connectivity index (χ0n) is 10.8. The molecule has 1 aromatic carbocycles. The molecule has 0 aromatic heterocycles. The third-order valence-electron chi connectivity index (χ3n) is 3.58. The Morgan fingerprint density at radius 2 is 1.88 bits per heavy atom. The fourth-order valence-corrected chi connectivity index (χ4v) is 2.52. The Kier molecular flexibility index (Phi) is 4.18. The molecule has 1 saturated carbocycles. The van der Waals surface area contributed by atoms with Crippen LogP contribution in [0, 0.1) is 5.92 Å². The smallest absolute Gasteiger partial charge is 0.144 e. The average molecular weight is 231 g/mol. The molecule has 0 N–H and O–H groups in total. The third-order valence-corrected chi connectivity index (χ3v) is 3.58. The molecular weight excluding hydrogens is 210 g/mol. The number of rotatable bonds is 3. The van der Waals surface area contributed by atoms with Gasteiger partial charge >= 0.3 is 0 Å². The van der Waals surface area contributed by atoms with Gasteiger partial charge in [0, 0.05) is 5.71 Å². The fourth-order valence-electron chi connectivity index (χ4n) is 2.52. The minimum absolute atomic E-state index is 0.675. The molecule has 17 heavy (non-hydrogen) atoms. The topological polar surface area (TPSA) is 21.6 Å². The maximum atomic E-state index is 5.33. The van der Waals surface area contributed by atoms with Crippen molar-refractivity contribution in [1.82, 2.24) is 0 Å². The highest BCUT2D eigenvalue weighted by molar-refractivity contribution is 5.87. The van der Waals surface area contributed by atoms with Crippen LogP contribution in [0.15, 0.2) is 29.3 Å². The van der Waals surface area contributed by atoms with Gasteiger partial charge in [0.15, 0.2) is 0 Å². The highest BCUT2D eigenvalue weighted by Crippen LogP contribution is 2.30. The van der Waals surface area contributed by atoms with Gasteiger partial charge in [-0.25, -0.2) is 0 Å². The van der Waals surface area contributed by atoms with Crippen molar-refractivity contribution in [3.8, 4) is 5.75 Å². The number of ether oxygens (including phenoxy) is 1. The molecule has 0 heterocycles. The Hall–Kier alpha value is -1.31. The summed E-state index contributed by atoms with van der Waals surface area (Å²) < 4.78 is 5.33. The summed E-state index contributed by atoms with van der Waals surface area (Å²) in [6.45, 7) is 2.16. The first kappa shape index (κ1) is 12.2. The van der Waals surface area contributed by atoms with E-state index in [1.165, 1.54) is 37.8 Å². The van der Waals surface area contributed by atoms with Crippen LogP contribution in [0.5, 0.6) is 5.75 Å². The summed E-state index contributed by atoms with van der Waals surface area (Å²) >= 11 is 0. The van der Waals surface area contributed by atoms with Gasteiger partial charge in [0.05, 0.1) is 7.11 Å². The van der Waals surface area contributed by atoms with Gasteiger partial charge in [-0.1, -0.05) is 31.4 Å².